The summed E-state index contributed by atoms with van der Waals surface area (Å²) >= 11 is 3.11. The van der Waals surface area contributed by atoms with Crippen molar-refractivity contribution in [3.05, 3.63) is 34.1 Å². The maximum absolute atomic E-state index is 13.3. The van der Waals surface area contributed by atoms with E-state index in [1.165, 1.54) is 18.2 Å². The van der Waals surface area contributed by atoms with Crippen molar-refractivity contribution >= 4 is 28.3 Å². The molecule has 0 bridgehead atoms. The smallest absolute Gasteiger partial charge is 0.324 e. The van der Waals surface area contributed by atoms with Gasteiger partial charge in [0.15, 0.2) is 0 Å². The fraction of sp³-hybridized carbons (Fsp3) is 0.400. The lowest BCUT2D eigenvalue weighted by atomic mass is 10.0. The molecule has 1 rings (SSSR count). The predicted molar refractivity (Wildman–Crippen MR) is 63.6 cm³/mol. The zero-order valence-electron chi connectivity index (χ0n) is 8.60. The summed E-state index contributed by atoms with van der Waals surface area (Å²) in [5, 5.41) is 0. The summed E-state index contributed by atoms with van der Waals surface area (Å²) in [5.74, 6) is -0.585. The Morgan fingerprint density at radius 2 is 1.88 bits per heavy atom. The van der Waals surface area contributed by atoms with Gasteiger partial charge in [0.1, 0.15) is 5.82 Å². The Hall–Kier alpha value is -0.330. The third kappa shape index (κ3) is 5.70. The van der Waals surface area contributed by atoms with Crippen LogP contribution in [0.15, 0.2) is 22.7 Å². The predicted octanol–water partition coefficient (Wildman–Crippen LogP) is 4.35. The molecule has 0 aliphatic heterocycles. The van der Waals surface area contributed by atoms with Gasteiger partial charge >= 0.3 is 6.18 Å². The molecule has 0 heterocycles. The molecule has 0 fully saturated rings. The maximum atomic E-state index is 13.3. The first kappa shape index (κ1) is 16.7. The molecular formula is C10H11BrClF4N. The van der Waals surface area contributed by atoms with Crippen LogP contribution in [0.5, 0.6) is 0 Å². The summed E-state index contributed by atoms with van der Waals surface area (Å²) < 4.78 is 49.7. The number of halogens is 6. The van der Waals surface area contributed by atoms with Gasteiger partial charge < -0.3 is 5.73 Å². The van der Waals surface area contributed by atoms with Crippen molar-refractivity contribution in [2.75, 3.05) is 0 Å². The minimum atomic E-state index is -4.26. The highest BCUT2D eigenvalue weighted by Crippen LogP contribution is 2.28. The first-order chi connectivity index (χ1) is 7.29. The molecule has 0 amide bonds. The van der Waals surface area contributed by atoms with Crippen molar-refractivity contribution in [2.24, 2.45) is 5.73 Å². The van der Waals surface area contributed by atoms with Gasteiger partial charge in [0.2, 0.25) is 0 Å². The van der Waals surface area contributed by atoms with Gasteiger partial charge in [0.25, 0.3) is 0 Å². The highest BCUT2D eigenvalue weighted by atomic mass is 79.9. The summed E-state index contributed by atoms with van der Waals surface area (Å²) in [6, 6.07) is 3.09. The molecule has 0 aromatic heterocycles. The molecule has 0 saturated carbocycles. The van der Waals surface area contributed by atoms with Crippen LogP contribution in [0.2, 0.25) is 0 Å². The third-order valence-electron chi connectivity index (χ3n) is 2.10. The van der Waals surface area contributed by atoms with Crippen LogP contribution in [-0.2, 0) is 0 Å². The van der Waals surface area contributed by atoms with Crippen LogP contribution in [-0.4, -0.2) is 6.18 Å². The number of nitrogens with two attached hydrogens (primary N) is 1. The highest BCUT2D eigenvalue weighted by molar-refractivity contribution is 9.10. The normalized spacial score (nSPS) is 13.1. The van der Waals surface area contributed by atoms with Gasteiger partial charge in [-0.1, -0.05) is 15.9 Å². The molecule has 1 atom stereocenters. The Balaban J connectivity index is 0.00000256. The van der Waals surface area contributed by atoms with E-state index in [1.54, 1.807) is 0 Å². The topological polar surface area (TPSA) is 26.0 Å². The zero-order valence-corrected chi connectivity index (χ0v) is 11.0. The SMILES string of the molecule is Cl.N[C@@H](CCC(F)(F)F)c1cc(Br)ccc1F. The van der Waals surface area contributed by atoms with Crippen LogP contribution in [0, 0.1) is 5.82 Å². The molecule has 1 nitrogen and oxygen atoms in total. The molecule has 1 aromatic carbocycles. The average molecular weight is 337 g/mol. The zero-order chi connectivity index (χ0) is 12.3. The van der Waals surface area contributed by atoms with Crippen molar-refractivity contribution in [1.29, 1.82) is 0 Å². The Bertz CT molecular complexity index is 370. The first-order valence-corrected chi connectivity index (χ1v) is 5.36. The van der Waals surface area contributed by atoms with Gasteiger partial charge in [-0.05, 0) is 24.6 Å². The first-order valence-electron chi connectivity index (χ1n) is 4.57. The van der Waals surface area contributed by atoms with Crippen LogP contribution in [0.3, 0.4) is 0 Å². The van der Waals surface area contributed by atoms with Crippen molar-refractivity contribution in [1.82, 2.24) is 0 Å². The van der Waals surface area contributed by atoms with Gasteiger partial charge in [0, 0.05) is 22.5 Å². The van der Waals surface area contributed by atoms with Gasteiger partial charge in [-0.25, -0.2) is 4.39 Å². The molecule has 98 valence electrons. The number of hydrogen-bond donors (Lipinski definition) is 1. The molecule has 0 aliphatic carbocycles. The largest absolute Gasteiger partial charge is 0.389 e. The lowest BCUT2D eigenvalue weighted by Gasteiger charge is -2.14. The summed E-state index contributed by atoms with van der Waals surface area (Å²) in [7, 11) is 0. The highest BCUT2D eigenvalue weighted by Gasteiger charge is 2.28. The molecule has 7 heteroatoms. The summed E-state index contributed by atoms with van der Waals surface area (Å²) in [6.45, 7) is 0. The molecule has 0 aliphatic rings. The third-order valence-corrected chi connectivity index (χ3v) is 2.59. The van der Waals surface area contributed by atoms with Crippen molar-refractivity contribution in [3.8, 4) is 0 Å². The van der Waals surface area contributed by atoms with Gasteiger partial charge in [-0.2, -0.15) is 13.2 Å². The van der Waals surface area contributed by atoms with E-state index in [0.717, 1.165) is 0 Å². The molecule has 0 spiro atoms. The Labute approximate surface area is 111 Å². The van der Waals surface area contributed by atoms with E-state index < -0.39 is 24.5 Å². The van der Waals surface area contributed by atoms with E-state index in [0.29, 0.717) is 4.47 Å². The van der Waals surface area contributed by atoms with Crippen molar-refractivity contribution in [2.45, 2.75) is 25.1 Å². The monoisotopic (exact) mass is 335 g/mol. The molecule has 1 aromatic rings. The summed E-state index contributed by atoms with van der Waals surface area (Å²) in [4.78, 5) is 0. The van der Waals surface area contributed by atoms with Gasteiger partial charge in [-0.15, -0.1) is 12.4 Å². The van der Waals surface area contributed by atoms with E-state index in [2.05, 4.69) is 15.9 Å². The Kier molecular flexibility index (Phi) is 6.43. The minimum absolute atomic E-state index is 0. The van der Waals surface area contributed by atoms with E-state index in [4.69, 9.17) is 5.73 Å². The van der Waals surface area contributed by atoms with Crippen LogP contribution >= 0.6 is 28.3 Å². The summed E-state index contributed by atoms with van der Waals surface area (Å²) in [6.07, 6.45) is -5.60. The van der Waals surface area contributed by atoms with Crippen LogP contribution in [0.1, 0.15) is 24.4 Å². The quantitative estimate of drug-likeness (QED) is 0.816. The fourth-order valence-electron chi connectivity index (χ4n) is 1.27. The number of rotatable bonds is 3. The standard InChI is InChI=1S/C10H10BrF4N.ClH/c11-6-1-2-8(12)7(5-6)9(16)3-4-10(13,14)15;/h1-2,5,9H,3-4,16H2;1H/t9-;/m0./s1. The van der Waals surface area contributed by atoms with Crippen molar-refractivity contribution in [3.63, 3.8) is 0 Å². The van der Waals surface area contributed by atoms with E-state index >= 15 is 0 Å². The number of benzene rings is 1. The molecular weight excluding hydrogens is 325 g/mol. The van der Waals surface area contributed by atoms with Crippen molar-refractivity contribution < 1.29 is 17.6 Å². The number of alkyl halides is 3. The lowest BCUT2D eigenvalue weighted by molar-refractivity contribution is -0.136. The van der Waals surface area contributed by atoms with E-state index in [1.807, 2.05) is 0 Å². The molecule has 0 radical (unpaired) electrons. The van der Waals surface area contributed by atoms with Crippen LogP contribution in [0.25, 0.3) is 0 Å². The number of hydrogen-bond acceptors (Lipinski definition) is 1. The molecule has 2 N–H and O–H groups in total. The fourth-order valence-corrected chi connectivity index (χ4v) is 1.65. The van der Waals surface area contributed by atoms with Crippen LogP contribution < -0.4 is 5.73 Å². The van der Waals surface area contributed by atoms with Gasteiger partial charge in [-0.3, -0.25) is 0 Å². The second-order valence-electron chi connectivity index (χ2n) is 3.43. The second-order valence-corrected chi connectivity index (χ2v) is 4.34. The average Bonchev–Trinajstić information content (AvgIpc) is 2.17. The minimum Gasteiger partial charge on any atom is -0.324 e. The molecule has 0 unspecified atom stereocenters. The summed E-state index contributed by atoms with van der Waals surface area (Å²) in [5.41, 5.74) is 5.61. The van der Waals surface area contributed by atoms with E-state index in [-0.39, 0.29) is 24.4 Å². The molecule has 0 saturated heterocycles. The second kappa shape index (κ2) is 6.56. The lowest BCUT2D eigenvalue weighted by Crippen LogP contribution is -2.16. The van der Waals surface area contributed by atoms with E-state index in [9.17, 15) is 17.6 Å². The van der Waals surface area contributed by atoms with Gasteiger partial charge in [0.05, 0.1) is 0 Å². The van der Waals surface area contributed by atoms with Crippen LogP contribution in [0.4, 0.5) is 17.6 Å². The Morgan fingerprint density at radius 1 is 1.29 bits per heavy atom. The Morgan fingerprint density at radius 3 is 2.41 bits per heavy atom. The molecule has 17 heavy (non-hydrogen) atoms. The maximum Gasteiger partial charge on any atom is 0.389 e.